The van der Waals surface area contributed by atoms with Gasteiger partial charge in [-0.1, -0.05) is 6.92 Å². The normalized spacial score (nSPS) is 20.1. The topological polar surface area (TPSA) is 150 Å². The summed E-state index contributed by atoms with van der Waals surface area (Å²) in [5.74, 6) is -2.84. The summed E-state index contributed by atoms with van der Waals surface area (Å²) in [5.41, 5.74) is 0.198. The number of hydrogen-bond donors (Lipinski definition) is 4. The van der Waals surface area contributed by atoms with Crippen molar-refractivity contribution < 1.29 is 28.6 Å². The number of anilines is 1. The molecule has 1 aliphatic rings. The number of thiazole rings is 1. The van der Waals surface area contributed by atoms with Gasteiger partial charge in [-0.05, 0) is 30.7 Å². The average Bonchev–Trinajstić information content (AvgIpc) is 3.07. The molecular formula is C21H20FN5O5S. The molecule has 2 amide bonds. The minimum atomic E-state index is -1.57. The number of ether oxygens (including phenoxy) is 1. The number of nitrogens with zero attached hydrogens (tertiary/aromatic N) is 2. The molecule has 1 saturated heterocycles. The van der Waals surface area contributed by atoms with Crippen LogP contribution in [-0.2, 0) is 25.5 Å². The van der Waals surface area contributed by atoms with E-state index in [9.17, 15) is 23.9 Å². The standard InChI is InChI=1S/C21H20FN5O5S/c1-2-21(19(30)31)16(32-21)18(29)25-14(7-13-8-23-10-24-13)17(28)27-20-26-15(9-33-20)11-3-5-12(22)6-4-11/h3-6,8-10,14,16H,2,7H2,1H3,(H,23,24)(H,25,29)(H,30,31)(H,26,27,28)/t14?,16-,21+/m0/s1. The Balaban J connectivity index is 1.47. The van der Waals surface area contributed by atoms with Crippen LogP contribution in [0.3, 0.4) is 0 Å². The Morgan fingerprint density at radius 1 is 1.33 bits per heavy atom. The van der Waals surface area contributed by atoms with Crippen molar-refractivity contribution in [2.24, 2.45) is 0 Å². The van der Waals surface area contributed by atoms with Crippen LogP contribution in [-0.4, -0.2) is 55.6 Å². The van der Waals surface area contributed by atoms with Gasteiger partial charge in [0.1, 0.15) is 11.9 Å². The highest BCUT2D eigenvalue weighted by molar-refractivity contribution is 7.14. The van der Waals surface area contributed by atoms with Crippen molar-refractivity contribution in [1.82, 2.24) is 20.3 Å². The van der Waals surface area contributed by atoms with E-state index in [1.54, 1.807) is 30.6 Å². The number of aliphatic carboxylic acids is 1. The molecule has 3 aromatic rings. The van der Waals surface area contributed by atoms with E-state index in [0.29, 0.717) is 17.0 Å². The Morgan fingerprint density at radius 3 is 2.70 bits per heavy atom. The van der Waals surface area contributed by atoms with Gasteiger partial charge in [-0.15, -0.1) is 11.3 Å². The van der Waals surface area contributed by atoms with Gasteiger partial charge in [0.25, 0.3) is 5.91 Å². The third-order valence-corrected chi connectivity index (χ3v) is 6.05. The number of carboxylic acids is 1. The molecule has 1 unspecified atom stereocenters. The summed E-state index contributed by atoms with van der Waals surface area (Å²) >= 11 is 1.17. The molecular weight excluding hydrogens is 453 g/mol. The number of nitrogens with one attached hydrogen (secondary N) is 3. The Labute approximate surface area is 191 Å². The van der Waals surface area contributed by atoms with Crippen LogP contribution in [0.5, 0.6) is 0 Å². The summed E-state index contributed by atoms with van der Waals surface area (Å²) in [6.07, 6.45) is 2.03. The number of imidazole rings is 1. The third kappa shape index (κ3) is 4.76. The molecule has 4 rings (SSSR count). The lowest BCUT2D eigenvalue weighted by Crippen LogP contribution is -2.48. The van der Waals surface area contributed by atoms with E-state index in [0.717, 1.165) is 0 Å². The summed E-state index contributed by atoms with van der Waals surface area (Å²) in [6, 6.07) is 4.74. The Hall–Kier alpha value is -3.64. The molecule has 10 nitrogen and oxygen atoms in total. The van der Waals surface area contributed by atoms with Gasteiger partial charge in [0, 0.05) is 23.6 Å². The number of carbonyl (C=O) groups excluding carboxylic acids is 2. The van der Waals surface area contributed by atoms with Crippen molar-refractivity contribution in [1.29, 1.82) is 0 Å². The van der Waals surface area contributed by atoms with Gasteiger partial charge in [0.2, 0.25) is 11.5 Å². The Morgan fingerprint density at radius 2 is 2.09 bits per heavy atom. The van der Waals surface area contributed by atoms with Crippen LogP contribution >= 0.6 is 11.3 Å². The number of amides is 2. The highest BCUT2D eigenvalue weighted by Gasteiger charge is 2.65. The first-order valence-corrected chi connectivity index (χ1v) is 10.9. The van der Waals surface area contributed by atoms with Crippen LogP contribution in [0.2, 0.25) is 0 Å². The van der Waals surface area contributed by atoms with E-state index in [2.05, 4.69) is 25.6 Å². The maximum atomic E-state index is 13.1. The van der Waals surface area contributed by atoms with Crippen LogP contribution in [0, 0.1) is 5.82 Å². The number of halogens is 1. The molecule has 0 saturated carbocycles. The second-order valence-electron chi connectivity index (χ2n) is 7.41. The average molecular weight is 473 g/mol. The quantitative estimate of drug-likeness (QED) is 0.347. The van der Waals surface area contributed by atoms with Crippen LogP contribution < -0.4 is 10.6 Å². The van der Waals surface area contributed by atoms with Gasteiger partial charge in [0.15, 0.2) is 11.2 Å². The highest BCUT2D eigenvalue weighted by Crippen LogP contribution is 2.40. The Bertz CT molecular complexity index is 1170. The van der Waals surface area contributed by atoms with Crippen molar-refractivity contribution in [2.45, 2.75) is 37.5 Å². The number of aromatic amines is 1. The summed E-state index contributed by atoms with van der Waals surface area (Å²) < 4.78 is 18.3. The molecule has 4 N–H and O–H groups in total. The molecule has 0 bridgehead atoms. The van der Waals surface area contributed by atoms with E-state index in [1.807, 2.05) is 0 Å². The van der Waals surface area contributed by atoms with E-state index in [-0.39, 0.29) is 23.8 Å². The number of hydrogen-bond acceptors (Lipinski definition) is 7. The third-order valence-electron chi connectivity index (χ3n) is 5.30. The molecule has 1 aliphatic heterocycles. The lowest BCUT2D eigenvalue weighted by atomic mass is 10.0. The van der Waals surface area contributed by atoms with Gasteiger partial charge in [-0.25, -0.2) is 19.2 Å². The minimum Gasteiger partial charge on any atom is -0.479 e. The van der Waals surface area contributed by atoms with Gasteiger partial charge in [0.05, 0.1) is 17.7 Å². The number of carbonyl (C=O) groups is 3. The van der Waals surface area contributed by atoms with Gasteiger partial charge < -0.3 is 25.5 Å². The molecule has 0 spiro atoms. The lowest BCUT2D eigenvalue weighted by molar-refractivity contribution is -0.143. The predicted molar refractivity (Wildman–Crippen MR) is 116 cm³/mol. The Kier molecular flexibility index (Phi) is 6.20. The van der Waals surface area contributed by atoms with Crippen molar-refractivity contribution in [3.05, 3.63) is 53.7 Å². The maximum Gasteiger partial charge on any atom is 0.339 e. The zero-order chi connectivity index (χ0) is 23.6. The molecule has 3 heterocycles. The molecule has 0 aliphatic carbocycles. The van der Waals surface area contributed by atoms with E-state index >= 15 is 0 Å². The number of carboxylic acid groups (broad SMARTS) is 1. The van der Waals surface area contributed by atoms with Crippen molar-refractivity contribution >= 4 is 34.3 Å². The van der Waals surface area contributed by atoms with E-state index < -0.39 is 35.5 Å². The fourth-order valence-electron chi connectivity index (χ4n) is 3.37. The van der Waals surface area contributed by atoms with Crippen LogP contribution in [0.1, 0.15) is 19.0 Å². The van der Waals surface area contributed by atoms with E-state index in [4.69, 9.17) is 4.74 Å². The predicted octanol–water partition coefficient (Wildman–Crippen LogP) is 1.97. The molecule has 1 fully saturated rings. The first-order valence-electron chi connectivity index (χ1n) is 10.0. The molecule has 172 valence electrons. The number of aromatic nitrogens is 3. The summed E-state index contributed by atoms with van der Waals surface area (Å²) in [5, 5.41) is 16.6. The van der Waals surface area contributed by atoms with E-state index in [1.165, 1.54) is 29.8 Å². The second kappa shape index (κ2) is 9.08. The van der Waals surface area contributed by atoms with Crippen LogP contribution in [0.25, 0.3) is 11.3 Å². The van der Waals surface area contributed by atoms with Crippen LogP contribution in [0.4, 0.5) is 9.52 Å². The van der Waals surface area contributed by atoms with Gasteiger partial charge in [-0.2, -0.15) is 0 Å². The molecule has 0 radical (unpaired) electrons. The molecule has 2 aromatic heterocycles. The highest BCUT2D eigenvalue weighted by atomic mass is 32.1. The number of rotatable bonds is 9. The first kappa shape index (κ1) is 22.6. The maximum absolute atomic E-state index is 13.1. The lowest BCUT2D eigenvalue weighted by Gasteiger charge is -2.16. The largest absolute Gasteiger partial charge is 0.479 e. The summed E-state index contributed by atoms with van der Waals surface area (Å²) in [4.78, 5) is 48.3. The monoisotopic (exact) mass is 473 g/mol. The first-order chi connectivity index (χ1) is 15.8. The second-order valence-corrected chi connectivity index (χ2v) is 8.26. The fraction of sp³-hybridized carbons (Fsp3) is 0.286. The SMILES string of the molecule is CC[C@@]1(C(=O)O)O[C@H]1C(=O)NC(Cc1c[nH]cn1)C(=O)Nc1nc(-c2ccc(F)cc2)cs1. The number of benzene rings is 1. The van der Waals surface area contributed by atoms with Crippen molar-refractivity contribution in [3.63, 3.8) is 0 Å². The molecule has 1 aromatic carbocycles. The van der Waals surface area contributed by atoms with Gasteiger partial charge in [-0.3, -0.25) is 9.59 Å². The van der Waals surface area contributed by atoms with Crippen LogP contribution in [0.15, 0.2) is 42.2 Å². The summed E-state index contributed by atoms with van der Waals surface area (Å²) in [7, 11) is 0. The number of epoxide rings is 1. The van der Waals surface area contributed by atoms with Gasteiger partial charge >= 0.3 is 5.97 Å². The molecule has 3 atom stereocenters. The zero-order valence-corrected chi connectivity index (χ0v) is 18.2. The minimum absolute atomic E-state index is 0.0657. The van der Waals surface area contributed by atoms with Crippen molar-refractivity contribution in [2.75, 3.05) is 5.32 Å². The molecule has 33 heavy (non-hydrogen) atoms. The smallest absolute Gasteiger partial charge is 0.339 e. The molecule has 12 heteroatoms. The zero-order valence-electron chi connectivity index (χ0n) is 17.4. The van der Waals surface area contributed by atoms with Crippen molar-refractivity contribution in [3.8, 4) is 11.3 Å². The summed E-state index contributed by atoms with van der Waals surface area (Å²) in [6.45, 7) is 1.61. The fourth-order valence-corrected chi connectivity index (χ4v) is 4.09. The number of H-pyrrole nitrogens is 1.